The molecule has 1 N–H and O–H groups in total. The first kappa shape index (κ1) is 23.3. The van der Waals surface area contributed by atoms with E-state index in [0.29, 0.717) is 45.3 Å². The van der Waals surface area contributed by atoms with Gasteiger partial charge in [0, 0.05) is 16.5 Å². The monoisotopic (exact) mass is 486 g/mol. The summed E-state index contributed by atoms with van der Waals surface area (Å²) in [7, 11) is 0. The zero-order valence-corrected chi connectivity index (χ0v) is 19.9. The Balaban J connectivity index is 1.67. The average molecular weight is 487 g/mol. The van der Waals surface area contributed by atoms with E-state index in [9.17, 15) is 9.18 Å². The van der Waals surface area contributed by atoms with Crippen LogP contribution in [-0.4, -0.2) is 27.3 Å². The summed E-state index contributed by atoms with van der Waals surface area (Å²) in [6, 6.07) is 13.1. The van der Waals surface area contributed by atoms with E-state index < -0.39 is 17.8 Å². The van der Waals surface area contributed by atoms with Crippen molar-refractivity contribution in [2.45, 2.75) is 43.6 Å². The SMILES string of the molecule is CCCCOC(=O)C1=C(C)Nc2nc(SCc3ccccc3Cl)nn2C1c1cccc(F)c1. The molecule has 1 atom stereocenters. The molecule has 4 rings (SSSR count). The van der Waals surface area contributed by atoms with E-state index in [-0.39, 0.29) is 0 Å². The smallest absolute Gasteiger partial charge is 0.338 e. The number of hydrogen-bond acceptors (Lipinski definition) is 6. The molecule has 0 amide bonds. The molecule has 1 aromatic heterocycles. The van der Waals surface area contributed by atoms with Gasteiger partial charge in [-0.2, -0.15) is 4.98 Å². The third kappa shape index (κ3) is 5.23. The van der Waals surface area contributed by atoms with Gasteiger partial charge in [0.05, 0.1) is 12.2 Å². The number of carbonyl (C=O) groups excluding carboxylic acids is 1. The fourth-order valence-electron chi connectivity index (χ4n) is 3.59. The molecule has 0 spiro atoms. The molecule has 33 heavy (non-hydrogen) atoms. The summed E-state index contributed by atoms with van der Waals surface area (Å²) in [5, 5.41) is 9.01. The highest BCUT2D eigenvalue weighted by Crippen LogP contribution is 2.37. The number of aromatic nitrogens is 3. The summed E-state index contributed by atoms with van der Waals surface area (Å²) in [4.78, 5) is 17.6. The molecule has 0 fully saturated rings. The number of benzene rings is 2. The third-order valence-electron chi connectivity index (χ3n) is 5.26. The topological polar surface area (TPSA) is 69.0 Å². The standard InChI is InChI=1S/C24H24ClFN4O2S/c1-3-4-12-32-22(31)20-15(2)27-23-28-24(33-14-17-8-5-6-11-19(17)25)29-30(23)21(20)16-9-7-10-18(26)13-16/h5-11,13,21H,3-4,12,14H2,1-2H3,(H,27,28,29). The van der Waals surface area contributed by atoms with E-state index in [1.54, 1.807) is 23.7 Å². The molecule has 172 valence electrons. The lowest BCUT2D eigenvalue weighted by Gasteiger charge is -2.28. The van der Waals surface area contributed by atoms with Gasteiger partial charge >= 0.3 is 5.97 Å². The number of halogens is 2. The summed E-state index contributed by atoms with van der Waals surface area (Å²) in [5.41, 5.74) is 2.55. The predicted molar refractivity (Wildman–Crippen MR) is 128 cm³/mol. The number of nitrogens with one attached hydrogen (secondary N) is 1. The van der Waals surface area contributed by atoms with Gasteiger partial charge in [-0.3, -0.25) is 0 Å². The minimum absolute atomic E-state index is 0.325. The number of esters is 1. The number of anilines is 1. The molecule has 0 bridgehead atoms. The summed E-state index contributed by atoms with van der Waals surface area (Å²) in [6.07, 6.45) is 1.68. The van der Waals surface area contributed by atoms with Gasteiger partial charge in [-0.05, 0) is 42.7 Å². The number of thioether (sulfide) groups is 1. The van der Waals surface area contributed by atoms with Crippen molar-refractivity contribution in [3.63, 3.8) is 0 Å². The van der Waals surface area contributed by atoms with Crippen LogP contribution in [0.2, 0.25) is 5.02 Å². The Labute approximate surface area is 201 Å². The van der Waals surface area contributed by atoms with Gasteiger partial charge in [0.1, 0.15) is 11.9 Å². The largest absolute Gasteiger partial charge is 0.462 e. The van der Waals surface area contributed by atoms with Crippen LogP contribution < -0.4 is 5.32 Å². The molecule has 3 aromatic rings. The molecule has 0 aliphatic carbocycles. The van der Waals surface area contributed by atoms with E-state index in [1.165, 1.54) is 23.9 Å². The van der Waals surface area contributed by atoms with E-state index in [1.807, 2.05) is 31.2 Å². The molecule has 1 unspecified atom stereocenters. The second-order valence-corrected chi connectivity index (χ2v) is 9.00. The minimum atomic E-state index is -0.659. The number of allylic oxidation sites excluding steroid dienone is 1. The van der Waals surface area contributed by atoms with Crippen LogP contribution >= 0.6 is 23.4 Å². The zero-order valence-electron chi connectivity index (χ0n) is 18.3. The van der Waals surface area contributed by atoms with Crippen LogP contribution in [0.1, 0.15) is 43.9 Å². The van der Waals surface area contributed by atoms with E-state index in [0.717, 1.165) is 18.4 Å². The number of nitrogens with zero attached hydrogens (tertiary/aromatic N) is 3. The Morgan fingerprint density at radius 3 is 2.85 bits per heavy atom. The van der Waals surface area contributed by atoms with Crippen LogP contribution in [-0.2, 0) is 15.3 Å². The highest BCUT2D eigenvalue weighted by molar-refractivity contribution is 7.98. The summed E-state index contributed by atoms with van der Waals surface area (Å²) in [6.45, 7) is 4.14. The molecule has 2 heterocycles. The van der Waals surface area contributed by atoms with Crippen LogP contribution in [0.5, 0.6) is 0 Å². The highest BCUT2D eigenvalue weighted by Gasteiger charge is 2.35. The van der Waals surface area contributed by atoms with Crippen LogP contribution in [0, 0.1) is 5.82 Å². The third-order valence-corrected chi connectivity index (χ3v) is 6.52. The molecule has 1 aliphatic heterocycles. The van der Waals surface area contributed by atoms with E-state index in [4.69, 9.17) is 16.3 Å². The first-order valence-electron chi connectivity index (χ1n) is 10.7. The molecule has 1 aliphatic rings. The predicted octanol–water partition coefficient (Wildman–Crippen LogP) is 6.00. The quantitative estimate of drug-likeness (QED) is 0.239. The average Bonchev–Trinajstić information content (AvgIpc) is 3.20. The van der Waals surface area contributed by atoms with Gasteiger partial charge in [0.2, 0.25) is 11.1 Å². The number of hydrogen-bond donors (Lipinski definition) is 1. The first-order chi connectivity index (χ1) is 16.0. The van der Waals surface area contributed by atoms with Crippen molar-refractivity contribution < 1.29 is 13.9 Å². The number of fused-ring (bicyclic) bond motifs is 1. The number of rotatable bonds is 8. The maximum Gasteiger partial charge on any atom is 0.338 e. The Bertz CT molecular complexity index is 1200. The molecule has 0 saturated heterocycles. The first-order valence-corrected chi connectivity index (χ1v) is 12.1. The van der Waals surface area contributed by atoms with Gasteiger partial charge in [0.25, 0.3) is 0 Å². The van der Waals surface area contributed by atoms with Crippen molar-refractivity contribution in [1.29, 1.82) is 0 Å². The van der Waals surface area contributed by atoms with Crippen molar-refractivity contribution >= 4 is 35.3 Å². The van der Waals surface area contributed by atoms with Gasteiger partial charge in [0.15, 0.2) is 0 Å². The molecule has 0 radical (unpaired) electrons. The Kier molecular flexibility index (Phi) is 7.35. The van der Waals surface area contributed by atoms with Crippen molar-refractivity contribution in [1.82, 2.24) is 14.8 Å². The normalized spacial score (nSPS) is 15.2. The van der Waals surface area contributed by atoms with Crippen molar-refractivity contribution in [2.75, 3.05) is 11.9 Å². The fraction of sp³-hybridized carbons (Fsp3) is 0.292. The maximum absolute atomic E-state index is 14.1. The Morgan fingerprint density at radius 1 is 1.27 bits per heavy atom. The van der Waals surface area contributed by atoms with E-state index in [2.05, 4.69) is 15.4 Å². The summed E-state index contributed by atoms with van der Waals surface area (Å²) < 4.78 is 21.2. The second-order valence-electron chi connectivity index (χ2n) is 7.65. The van der Waals surface area contributed by atoms with Crippen LogP contribution in [0.25, 0.3) is 0 Å². The maximum atomic E-state index is 14.1. The second kappa shape index (κ2) is 10.4. The molecule has 9 heteroatoms. The Hall–Kier alpha value is -2.84. The zero-order chi connectivity index (χ0) is 23.4. The summed E-state index contributed by atoms with van der Waals surface area (Å²) >= 11 is 7.70. The molecule has 6 nitrogen and oxygen atoms in total. The number of ether oxygens (including phenoxy) is 1. The van der Waals surface area contributed by atoms with Gasteiger partial charge in [-0.1, -0.05) is 67.0 Å². The Morgan fingerprint density at radius 2 is 2.09 bits per heavy atom. The molecular formula is C24H24ClFN4O2S. The minimum Gasteiger partial charge on any atom is -0.462 e. The van der Waals surface area contributed by atoms with Crippen LogP contribution in [0.3, 0.4) is 0 Å². The molecular weight excluding hydrogens is 463 g/mol. The van der Waals surface area contributed by atoms with E-state index >= 15 is 0 Å². The highest BCUT2D eigenvalue weighted by atomic mass is 35.5. The fourth-order valence-corrected chi connectivity index (χ4v) is 4.70. The van der Waals surface area contributed by atoms with Crippen molar-refractivity contribution in [3.05, 3.63) is 81.8 Å². The molecule has 2 aromatic carbocycles. The lowest BCUT2D eigenvalue weighted by molar-refractivity contribution is -0.139. The summed E-state index contributed by atoms with van der Waals surface area (Å²) in [5.74, 6) is 0.228. The lowest BCUT2D eigenvalue weighted by Crippen LogP contribution is -2.29. The van der Waals surface area contributed by atoms with Crippen molar-refractivity contribution in [2.24, 2.45) is 0 Å². The number of carbonyl (C=O) groups is 1. The van der Waals surface area contributed by atoms with Gasteiger partial charge in [-0.15, -0.1) is 5.10 Å². The molecule has 0 saturated carbocycles. The number of unbranched alkanes of at least 4 members (excludes halogenated alkanes) is 1. The van der Waals surface area contributed by atoms with Gasteiger partial charge < -0.3 is 10.1 Å². The van der Waals surface area contributed by atoms with Crippen LogP contribution in [0.4, 0.5) is 10.3 Å². The van der Waals surface area contributed by atoms with Gasteiger partial charge in [-0.25, -0.2) is 13.9 Å². The van der Waals surface area contributed by atoms with Crippen LogP contribution in [0.15, 0.2) is 65.0 Å². The van der Waals surface area contributed by atoms with Crippen molar-refractivity contribution in [3.8, 4) is 0 Å². The lowest BCUT2D eigenvalue weighted by atomic mass is 9.96.